The van der Waals surface area contributed by atoms with Crippen molar-refractivity contribution < 1.29 is 9.47 Å². The first-order valence-electron chi connectivity index (χ1n) is 6.40. The van der Waals surface area contributed by atoms with E-state index < -0.39 is 0 Å². The molecule has 0 saturated carbocycles. The minimum absolute atomic E-state index is 0.558. The number of piperidine rings is 1. The van der Waals surface area contributed by atoms with Crippen LogP contribution in [0.5, 0.6) is 11.5 Å². The van der Waals surface area contributed by atoms with Crippen molar-refractivity contribution in [2.24, 2.45) is 5.92 Å². The Morgan fingerprint density at radius 1 is 1.29 bits per heavy atom. The molecule has 3 nitrogen and oxygen atoms in total. The van der Waals surface area contributed by atoms with Crippen LogP contribution < -0.4 is 14.8 Å². The molecule has 17 heavy (non-hydrogen) atoms. The summed E-state index contributed by atoms with van der Waals surface area (Å²) in [7, 11) is 1.72. The summed E-state index contributed by atoms with van der Waals surface area (Å²) in [4.78, 5) is 0. The van der Waals surface area contributed by atoms with Crippen molar-refractivity contribution in [3.8, 4) is 11.5 Å². The van der Waals surface area contributed by atoms with E-state index in [0.717, 1.165) is 37.1 Å². The summed E-state index contributed by atoms with van der Waals surface area (Å²) < 4.78 is 11.1. The normalized spacial score (nSPS) is 24.2. The van der Waals surface area contributed by atoms with Gasteiger partial charge in [-0.2, -0.15) is 0 Å². The molecule has 1 atom stereocenters. The highest BCUT2D eigenvalue weighted by Crippen LogP contribution is 2.42. The first kappa shape index (κ1) is 10.9. The van der Waals surface area contributed by atoms with E-state index >= 15 is 0 Å². The van der Waals surface area contributed by atoms with Crippen LogP contribution in [0.15, 0.2) is 18.2 Å². The van der Waals surface area contributed by atoms with Gasteiger partial charge in [-0.05, 0) is 50.0 Å². The fourth-order valence-corrected chi connectivity index (χ4v) is 2.98. The van der Waals surface area contributed by atoms with Gasteiger partial charge in [0.05, 0.1) is 13.7 Å². The van der Waals surface area contributed by atoms with Crippen molar-refractivity contribution >= 4 is 0 Å². The second kappa shape index (κ2) is 4.57. The Hall–Kier alpha value is -1.22. The predicted octanol–water partition coefficient (Wildman–Crippen LogP) is 2.17. The van der Waals surface area contributed by atoms with Gasteiger partial charge in [-0.1, -0.05) is 0 Å². The van der Waals surface area contributed by atoms with Gasteiger partial charge in [-0.25, -0.2) is 0 Å². The van der Waals surface area contributed by atoms with Gasteiger partial charge in [-0.15, -0.1) is 0 Å². The molecule has 0 aliphatic carbocycles. The van der Waals surface area contributed by atoms with Gasteiger partial charge in [0, 0.05) is 11.5 Å². The summed E-state index contributed by atoms with van der Waals surface area (Å²) in [6, 6.07) is 6.16. The monoisotopic (exact) mass is 233 g/mol. The second-order valence-electron chi connectivity index (χ2n) is 4.91. The predicted molar refractivity (Wildman–Crippen MR) is 66.8 cm³/mol. The molecule has 1 unspecified atom stereocenters. The Kier molecular flexibility index (Phi) is 2.93. The Balaban J connectivity index is 1.85. The average molecular weight is 233 g/mol. The molecule has 92 valence electrons. The smallest absolute Gasteiger partial charge is 0.123 e. The molecule has 0 aromatic heterocycles. The summed E-state index contributed by atoms with van der Waals surface area (Å²) >= 11 is 0. The minimum atomic E-state index is 0.558. The quantitative estimate of drug-likeness (QED) is 0.849. The lowest BCUT2D eigenvalue weighted by molar-refractivity contribution is 0.254. The van der Waals surface area contributed by atoms with Crippen LogP contribution >= 0.6 is 0 Å². The highest BCUT2D eigenvalue weighted by atomic mass is 16.5. The van der Waals surface area contributed by atoms with Crippen molar-refractivity contribution in [3.05, 3.63) is 23.8 Å². The summed E-state index contributed by atoms with van der Waals surface area (Å²) in [5.74, 6) is 3.30. The highest BCUT2D eigenvalue weighted by Gasteiger charge is 2.32. The molecule has 1 saturated heterocycles. The van der Waals surface area contributed by atoms with E-state index in [-0.39, 0.29) is 0 Å². The summed E-state index contributed by atoms with van der Waals surface area (Å²) in [5.41, 5.74) is 1.34. The van der Waals surface area contributed by atoms with Crippen molar-refractivity contribution in [2.75, 3.05) is 26.8 Å². The van der Waals surface area contributed by atoms with Gasteiger partial charge in [0.25, 0.3) is 0 Å². The lowest BCUT2D eigenvalue weighted by Gasteiger charge is -2.27. The van der Waals surface area contributed by atoms with Crippen LogP contribution in [0.2, 0.25) is 0 Å². The van der Waals surface area contributed by atoms with E-state index in [1.807, 2.05) is 12.1 Å². The number of methoxy groups -OCH3 is 1. The van der Waals surface area contributed by atoms with Crippen LogP contribution in [0.25, 0.3) is 0 Å². The van der Waals surface area contributed by atoms with E-state index in [2.05, 4.69) is 11.4 Å². The number of fused-ring (bicyclic) bond motifs is 1. The van der Waals surface area contributed by atoms with Crippen LogP contribution in [-0.4, -0.2) is 26.8 Å². The fraction of sp³-hybridized carbons (Fsp3) is 0.571. The van der Waals surface area contributed by atoms with Gasteiger partial charge < -0.3 is 14.8 Å². The number of ether oxygens (including phenoxy) is 2. The van der Waals surface area contributed by atoms with Crippen molar-refractivity contribution in [2.45, 2.75) is 18.8 Å². The van der Waals surface area contributed by atoms with E-state index in [1.54, 1.807) is 7.11 Å². The molecule has 2 heterocycles. The molecule has 2 aliphatic rings. The van der Waals surface area contributed by atoms with Crippen LogP contribution in [0.4, 0.5) is 0 Å². The topological polar surface area (TPSA) is 30.5 Å². The molecule has 0 radical (unpaired) electrons. The van der Waals surface area contributed by atoms with E-state index in [9.17, 15) is 0 Å². The molecular formula is C14H19NO2. The Morgan fingerprint density at radius 3 is 2.88 bits per heavy atom. The number of benzene rings is 1. The zero-order chi connectivity index (χ0) is 11.7. The maximum Gasteiger partial charge on any atom is 0.123 e. The zero-order valence-electron chi connectivity index (χ0n) is 10.2. The Bertz CT molecular complexity index is 399. The molecule has 0 bridgehead atoms. The van der Waals surface area contributed by atoms with Crippen molar-refractivity contribution in [3.63, 3.8) is 0 Å². The maximum atomic E-state index is 5.79. The molecule has 2 aliphatic heterocycles. The molecule has 1 aromatic rings. The lowest BCUT2D eigenvalue weighted by atomic mass is 9.82. The number of nitrogens with one attached hydrogen (secondary N) is 1. The van der Waals surface area contributed by atoms with Crippen LogP contribution in [0.1, 0.15) is 24.3 Å². The minimum Gasteiger partial charge on any atom is -0.497 e. The number of hydrogen-bond acceptors (Lipinski definition) is 3. The molecule has 3 heteroatoms. The van der Waals surface area contributed by atoms with E-state index in [1.165, 1.54) is 18.4 Å². The fourth-order valence-electron chi connectivity index (χ4n) is 2.98. The van der Waals surface area contributed by atoms with Gasteiger partial charge >= 0.3 is 0 Å². The third-order valence-corrected chi connectivity index (χ3v) is 3.99. The third kappa shape index (κ3) is 2.00. The first-order chi connectivity index (χ1) is 8.38. The van der Waals surface area contributed by atoms with Gasteiger partial charge in [0.1, 0.15) is 11.5 Å². The molecular weight excluding hydrogens is 214 g/mol. The number of rotatable bonds is 2. The SMILES string of the molecule is COc1ccc2c(c1)C(C1CCNCC1)CO2. The molecule has 3 rings (SSSR count). The summed E-state index contributed by atoms with van der Waals surface area (Å²) in [6.45, 7) is 3.12. The number of hydrogen-bond donors (Lipinski definition) is 1. The van der Waals surface area contributed by atoms with Gasteiger partial charge in [-0.3, -0.25) is 0 Å². The van der Waals surface area contributed by atoms with Crippen LogP contribution in [0, 0.1) is 5.92 Å². The average Bonchev–Trinajstić information content (AvgIpc) is 2.82. The van der Waals surface area contributed by atoms with Crippen molar-refractivity contribution in [1.29, 1.82) is 0 Å². The standard InChI is InChI=1S/C14H19NO2/c1-16-11-2-3-14-12(8-11)13(9-17-14)10-4-6-15-7-5-10/h2-3,8,10,13,15H,4-7,9H2,1H3. The lowest BCUT2D eigenvalue weighted by Crippen LogP contribution is -2.31. The molecule has 1 fully saturated rings. The van der Waals surface area contributed by atoms with Crippen LogP contribution in [0.3, 0.4) is 0 Å². The largest absolute Gasteiger partial charge is 0.497 e. The van der Waals surface area contributed by atoms with Gasteiger partial charge in [0.15, 0.2) is 0 Å². The second-order valence-corrected chi connectivity index (χ2v) is 4.91. The third-order valence-electron chi connectivity index (χ3n) is 3.99. The van der Waals surface area contributed by atoms with Crippen molar-refractivity contribution in [1.82, 2.24) is 5.32 Å². The van der Waals surface area contributed by atoms with Gasteiger partial charge in [0.2, 0.25) is 0 Å². The molecule has 1 aromatic carbocycles. The van der Waals surface area contributed by atoms with E-state index in [4.69, 9.17) is 9.47 Å². The Labute approximate surface area is 102 Å². The molecule has 1 N–H and O–H groups in total. The summed E-state index contributed by atoms with van der Waals surface area (Å²) in [5, 5.41) is 3.42. The highest BCUT2D eigenvalue weighted by molar-refractivity contribution is 5.45. The van der Waals surface area contributed by atoms with Crippen LogP contribution in [-0.2, 0) is 0 Å². The van der Waals surface area contributed by atoms with E-state index in [0.29, 0.717) is 5.92 Å². The first-order valence-corrected chi connectivity index (χ1v) is 6.40. The molecule has 0 amide bonds. The Morgan fingerprint density at radius 2 is 2.12 bits per heavy atom. The maximum absolute atomic E-state index is 5.79. The summed E-state index contributed by atoms with van der Waals surface area (Å²) in [6.07, 6.45) is 2.51. The molecule has 0 spiro atoms. The zero-order valence-corrected chi connectivity index (χ0v) is 10.2.